The summed E-state index contributed by atoms with van der Waals surface area (Å²) in [4.78, 5) is 2.02. The Morgan fingerprint density at radius 3 is 2.90 bits per heavy atom. The molecule has 3 rings (SSSR count). The van der Waals surface area contributed by atoms with Crippen LogP contribution in [0.3, 0.4) is 0 Å². The van der Waals surface area contributed by atoms with E-state index in [-0.39, 0.29) is 0 Å². The number of rotatable bonds is 1. The lowest BCUT2D eigenvalue weighted by atomic mass is 10.2. The molecular weight excluding hydrogens is 372 g/mol. The van der Waals surface area contributed by atoms with Gasteiger partial charge in [-0.25, -0.2) is 0 Å². The molecule has 0 radical (unpaired) electrons. The quantitative estimate of drug-likeness (QED) is 0.722. The third-order valence-electron chi connectivity index (χ3n) is 3.15. The highest BCUT2D eigenvalue weighted by Gasteiger charge is 2.21. The molecule has 0 atom stereocenters. The number of nitrogens with one attached hydrogen (secondary N) is 1. The predicted molar refractivity (Wildman–Crippen MR) is 94.7 cm³/mol. The van der Waals surface area contributed by atoms with Gasteiger partial charge in [0.2, 0.25) is 0 Å². The van der Waals surface area contributed by atoms with Gasteiger partial charge in [0.25, 0.3) is 0 Å². The van der Waals surface area contributed by atoms with Gasteiger partial charge in [-0.05, 0) is 42.5 Å². The summed E-state index contributed by atoms with van der Waals surface area (Å²) in [6.45, 7) is 1.31. The highest BCUT2D eigenvalue weighted by atomic mass is 79.9. The molecule has 1 N–H and O–H groups in total. The van der Waals surface area contributed by atoms with Crippen molar-refractivity contribution in [2.75, 3.05) is 23.4 Å². The van der Waals surface area contributed by atoms with Crippen molar-refractivity contribution < 1.29 is 4.74 Å². The number of halogens is 2. The second-order valence-electron chi connectivity index (χ2n) is 4.52. The van der Waals surface area contributed by atoms with Crippen molar-refractivity contribution in [2.24, 2.45) is 0 Å². The maximum atomic E-state index is 6.22. The van der Waals surface area contributed by atoms with Crippen LogP contribution in [0.25, 0.3) is 0 Å². The number of hydrogen-bond donors (Lipinski definition) is 1. The molecule has 3 nitrogen and oxygen atoms in total. The Kier molecular flexibility index (Phi) is 4.33. The largest absolute Gasteiger partial charge is 0.490 e. The van der Waals surface area contributed by atoms with Crippen LogP contribution in [0.4, 0.5) is 11.4 Å². The Labute approximate surface area is 142 Å². The molecule has 21 heavy (non-hydrogen) atoms. The minimum Gasteiger partial charge on any atom is -0.490 e. The molecule has 0 amide bonds. The Morgan fingerprint density at radius 2 is 2.10 bits per heavy atom. The number of anilines is 2. The molecule has 0 saturated heterocycles. The smallest absolute Gasteiger partial charge is 0.178 e. The fourth-order valence-electron chi connectivity index (χ4n) is 2.15. The molecule has 1 aliphatic rings. The fourth-order valence-corrected chi connectivity index (χ4v) is 3.17. The number of para-hydroxylation sites is 2. The lowest BCUT2D eigenvalue weighted by Gasteiger charge is -2.31. The van der Waals surface area contributed by atoms with Gasteiger partial charge in [-0.3, -0.25) is 0 Å². The normalized spacial score (nSPS) is 13.3. The average Bonchev–Trinajstić information content (AvgIpc) is 2.49. The summed E-state index contributed by atoms with van der Waals surface area (Å²) in [6.07, 6.45) is 0. The number of thiocarbonyl (C=S) groups is 1. The minimum atomic E-state index is 0.604. The van der Waals surface area contributed by atoms with Crippen LogP contribution in [0.1, 0.15) is 0 Å². The monoisotopic (exact) mass is 382 g/mol. The van der Waals surface area contributed by atoms with E-state index in [1.165, 1.54) is 0 Å². The molecule has 1 aliphatic heterocycles. The first-order chi connectivity index (χ1) is 10.1. The van der Waals surface area contributed by atoms with Crippen molar-refractivity contribution in [1.29, 1.82) is 0 Å². The first-order valence-corrected chi connectivity index (χ1v) is 7.98. The highest BCUT2D eigenvalue weighted by molar-refractivity contribution is 9.10. The van der Waals surface area contributed by atoms with Crippen LogP contribution in [0.5, 0.6) is 5.75 Å². The van der Waals surface area contributed by atoms with Gasteiger partial charge >= 0.3 is 0 Å². The molecule has 2 aromatic rings. The van der Waals surface area contributed by atoms with Crippen LogP contribution in [0.15, 0.2) is 46.9 Å². The van der Waals surface area contributed by atoms with Crippen LogP contribution in [-0.2, 0) is 0 Å². The topological polar surface area (TPSA) is 24.5 Å². The maximum absolute atomic E-state index is 6.22. The molecule has 0 saturated carbocycles. The van der Waals surface area contributed by atoms with Crippen LogP contribution < -0.4 is 15.0 Å². The van der Waals surface area contributed by atoms with Gasteiger partial charge in [-0.15, -0.1) is 0 Å². The molecule has 108 valence electrons. The zero-order chi connectivity index (χ0) is 14.8. The van der Waals surface area contributed by atoms with E-state index in [1.54, 1.807) is 0 Å². The maximum Gasteiger partial charge on any atom is 0.178 e. The molecular formula is C15H12BrClN2OS. The Balaban J connectivity index is 1.83. The summed E-state index contributed by atoms with van der Waals surface area (Å²) in [6, 6.07) is 13.5. The van der Waals surface area contributed by atoms with Gasteiger partial charge in [0.15, 0.2) is 5.11 Å². The van der Waals surface area contributed by atoms with Crippen molar-refractivity contribution in [2.45, 2.75) is 0 Å². The van der Waals surface area contributed by atoms with Gasteiger partial charge in [0, 0.05) is 4.47 Å². The van der Waals surface area contributed by atoms with E-state index >= 15 is 0 Å². The number of hydrogen-bond acceptors (Lipinski definition) is 2. The highest BCUT2D eigenvalue weighted by Crippen LogP contribution is 2.32. The second-order valence-corrected chi connectivity index (χ2v) is 6.23. The predicted octanol–water partition coefficient (Wildman–Crippen LogP) is 4.70. The number of fused-ring (bicyclic) bond motifs is 1. The fraction of sp³-hybridized carbons (Fsp3) is 0.133. The van der Waals surface area contributed by atoms with Crippen molar-refractivity contribution >= 4 is 56.2 Å². The summed E-state index contributed by atoms with van der Waals surface area (Å²) >= 11 is 15.1. The third kappa shape index (κ3) is 3.15. The van der Waals surface area contributed by atoms with Crippen LogP contribution in [-0.4, -0.2) is 18.3 Å². The van der Waals surface area contributed by atoms with E-state index in [0.717, 1.165) is 21.6 Å². The summed E-state index contributed by atoms with van der Waals surface area (Å²) in [5, 5.41) is 4.42. The van der Waals surface area contributed by atoms with E-state index in [2.05, 4.69) is 21.2 Å². The Hall–Kier alpha value is -1.30. The number of ether oxygens (including phenoxy) is 1. The van der Waals surface area contributed by atoms with Crippen molar-refractivity contribution in [1.82, 2.24) is 0 Å². The first kappa shape index (κ1) is 14.6. The molecule has 1 heterocycles. The van der Waals surface area contributed by atoms with E-state index in [1.807, 2.05) is 47.4 Å². The lowest BCUT2D eigenvalue weighted by Crippen LogP contribution is -2.40. The van der Waals surface area contributed by atoms with Crippen molar-refractivity contribution in [3.05, 3.63) is 52.0 Å². The van der Waals surface area contributed by atoms with Crippen LogP contribution in [0.2, 0.25) is 5.02 Å². The third-order valence-corrected chi connectivity index (χ3v) is 4.27. The van der Waals surface area contributed by atoms with Gasteiger partial charge in [0.05, 0.1) is 22.9 Å². The van der Waals surface area contributed by atoms with Gasteiger partial charge in [0.1, 0.15) is 12.4 Å². The zero-order valence-electron chi connectivity index (χ0n) is 11.0. The van der Waals surface area contributed by atoms with E-state index in [9.17, 15) is 0 Å². The van der Waals surface area contributed by atoms with Gasteiger partial charge in [-0.2, -0.15) is 0 Å². The summed E-state index contributed by atoms with van der Waals surface area (Å²) in [5.41, 5.74) is 1.75. The van der Waals surface area contributed by atoms with Crippen molar-refractivity contribution in [3.63, 3.8) is 0 Å². The average molecular weight is 384 g/mol. The minimum absolute atomic E-state index is 0.604. The molecule has 0 spiro atoms. The molecule has 2 aromatic carbocycles. The molecule has 0 fully saturated rings. The molecule has 0 aliphatic carbocycles. The Bertz CT molecular complexity index is 695. The molecule has 0 aromatic heterocycles. The standard InChI is InChI=1S/C15H12BrClN2OS/c16-10-5-6-12(11(17)9-10)18-15(21)19-7-8-20-14-4-2-1-3-13(14)19/h1-6,9H,7-8H2,(H,18,21). The molecule has 0 unspecified atom stereocenters. The van der Waals surface area contributed by atoms with Crippen LogP contribution >= 0.6 is 39.7 Å². The number of benzene rings is 2. The van der Waals surface area contributed by atoms with Gasteiger partial charge in [-0.1, -0.05) is 39.7 Å². The Morgan fingerprint density at radius 1 is 1.29 bits per heavy atom. The zero-order valence-corrected chi connectivity index (χ0v) is 14.1. The lowest BCUT2D eigenvalue weighted by molar-refractivity contribution is 0.315. The summed E-state index contributed by atoms with van der Waals surface area (Å²) < 4.78 is 6.56. The van der Waals surface area contributed by atoms with E-state index in [0.29, 0.717) is 23.3 Å². The van der Waals surface area contributed by atoms with Crippen LogP contribution in [0, 0.1) is 0 Å². The SMILES string of the molecule is S=C(Nc1ccc(Br)cc1Cl)N1CCOc2ccccc21. The van der Waals surface area contributed by atoms with E-state index < -0.39 is 0 Å². The summed E-state index contributed by atoms with van der Waals surface area (Å²) in [7, 11) is 0. The summed E-state index contributed by atoms with van der Waals surface area (Å²) in [5.74, 6) is 0.842. The van der Waals surface area contributed by atoms with Gasteiger partial charge < -0.3 is 15.0 Å². The van der Waals surface area contributed by atoms with Crippen molar-refractivity contribution in [3.8, 4) is 5.75 Å². The first-order valence-electron chi connectivity index (χ1n) is 6.40. The van der Waals surface area contributed by atoms with E-state index in [4.69, 9.17) is 28.6 Å². The molecule has 0 bridgehead atoms. The second kappa shape index (κ2) is 6.22. The molecule has 6 heteroatoms. The number of nitrogens with zero attached hydrogens (tertiary/aromatic N) is 1.